The van der Waals surface area contributed by atoms with Crippen LogP contribution in [0.3, 0.4) is 0 Å². The molecule has 3 unspecified atom stereocenters. The summed E-state index contributed by atoms with van der Waals surface area (Å²) in [7, 11) is 0. The first-order chi connectivity index (χ1) is 18.9. The Kier molecular flexibility index (Phi) is 6.17. The number of halogens is 1. The fourth-order valence-corrected chi connectivity index (χ4v) is 5.17. The molecule has 0 bridgehead atoms. The lowest BCUT2D eigenvalue weighted by atomic mass is 10.1. The molecule has 2 fully saturated rings. The quantitative estimate of drug-likeness (QED) is 0.290. The number of nitrogens with two attached hydrogens (primary N) is 1. The zero-order valence-corrected chi connectivity index (χ0v) is 21.2. The van der Waals surface area contributed by atoms with Gasteiger partial charge in [0.15, 0.2) is 5.69 Å². The van der Waals surface area contributed by atoms with E-state index < -0.39 is 11.9 Å². The first-order valence-electron chi connectivity index (χ1n) is 12.2. The van der Waals surface area contributed by atoms with Gasteiger partial charge in [-0.1, -0.05) is 23.6 Å². The fourth-order valence-electron chi connectivity index (χ4n) is 5.01. The monoisotopic (exact) mass is 540 g/mol. The summed E-state index contributed by atoms with van der Waals surface area (Å²) >= 11 is 5.93. The van der Waals surface area contributed by atoms with Crippen molar-refractivity contribution in [2.75, 3.05) is 5.32 Å². The van der Waals surface area contributed by atoms with Gasteiger partial charge in [0.05, 0.1) is 5.52 Å². The number of hydrogen-bond acceptors (Lipinski definition) is 7. The van der Waals surface area contributed by atoms with E-state index in [1.807, 2.05) is 0 Å². The van der Waals surface area contributed by atoms with Gasteiger partial charge in [-0.05, 0) is 67.1 Å². The maximum atomic E-state index is 13.5. The van der Waals surface area contributed by atoms with Crippen LogP contribution in [0.1, 0.15) is 34.6 Å². The molecular weight excluding hydrogens is 520 g/mol. The van der Waals surface area contributed by atoms with Gasteiger partial charge in [-0.3, -0.25) is 19.1 Å². The van der Waals surface area contributed by atoms with Crippen LogP contribution in [0.15, 0.2) is 54.7 Å². The normalized spacial score (nSPS) is 19.2. The van der Waals surface area contributed by atoms with Crippen LogP contribution in [0.25, 0.3) is 10.9 Å². The number of rotatable bonds is 5. The standard InChI is InChI=1S/C27H21ClN8O3/c28-22-4-1-5-23(31-22)32-27(39)21-13-16-12-20(16)36(21)24(37)14-35-19-9-7-15(6-8-17-3-2-10-30-33-17)11-18(19)25(34-35)26(29)38/h1-5,7,9-11,16,20-21H,12-14H2,(H2,29,38)(H,31,32,39). The molecule has 1 aromatic carbocycles. The summed E-state index contributed by atoms with van der Waals surface area (Å²) in [5.41, 5.74) is 7.31. The third-order valence-corrected chi connectivity index (χ3v) is 7.05. The molecule has 4 heterocycles. The van der Waals surface area contributed by atoms with Crippen LogP contribution in [0.2, 0.25) is 5.15 Å². The molecule has 3 N–H and O–H groups in total. The van der Waals surface area contributed by atoms with Crippen LogP contribution in [0.4, 0.5) is 5.82 Å². The third-order valence-electron chi connectivity index (χ3n) is 6.84. The molecule has 3 atom stereocenters. The number of likely N-dealkylation sites (tertiary alicyclic amines) is 1. The van der Waals surface area contributed by atoms with Crippen LogP contribution in [0, 0.1) is 17.8 Å². The van der Waals surface area contributed by atoms with Crippen LogP contribution in [0.5, 0.6) is 0 Å². The molecule has 3 amide bonds. The molecule has 11 nitrogen and oxygen atoms in total. The minimum atomic E-state index is -0.722. The number of hydrogen-bond donors (Lipinski definition) is 2. The topological polar surface area (TPSA) is 149 Å². The molecule has 1 saturated heterocycles. The minimum Gasteiger partial charge on any atom is -0.364 e. The van der Waals surface area contributed by atoms with Crippen molar-refractivity contribution >= 4 is 46.0 Å². The smallest absolute Gasteiger partial charge is 0.269 e. The summed E-state index contributed by atoms with van der Waals surface area (Å²) in [5.74, 6) is 5.20. The van der Waals surface area contributed by atoms with Crippen LogP contribution in [-0.2, 0) is 16.1 Å². The predicted molar refractivity (Wildman–Crippen MR) is 141 cm³/mol. The number of carbonyl (C=O) groups excluding carboxylic acids is 3. The molecule has 1 saturated carbocycles. The first-order valence-corrected chi connectivity index (χ1v) is 12.6. The van der Waals surface area contributed by atoms with Crippen molar-refractivity contribution in [3.63, 3.8) is 0 Å². The van der Waals surface area contributed by atoms with E-state index in [-0.39, 0.29) is 41.2 Å². The Morgan fingerprint density at radius 2 is 1.97 bits per heavy atom. The van der Waals surface area contributed by atoms with Crippen molar-refractivity contribution in [1.29, 1.82) is 0 Å². The molecule has 0 radical (unpaired) electrons. The van der Waals surface area contributed by atoms with Crippen molar-refractivity contribution in [2.24, 2.45) is 11.7 Å². The number of anilines is 1. The number of nitrogens with zero attached hydrogens (tertiary/aromatic N) is 6. The zero-order chi connectivity index (χ0) is 27.1. The summed E-state index contributed by atoms with van der Waals surface area (Å²) < 4.78 is 1.45. The molecule has 1 aliphatic heterocycles. The highest BCUT2D eigenvalue weighted by molar-refractivity contribution is 6.29. The van der Waals surface area contributed by atoms with E-state index in [0.29, 0.717) is 34.4 Å². The number of aromatic nitrogens is 5. The molecule has 39 heavy (non-hydrogen) atoms. The second-order valence-corrected chi connectivity index (χ2v) is 9.80. The zero-order valence-electron chi connectivity index (χ0n) is 20.4. The summed E-state index contributed by atoms with van der Waals surface area (Å²) in [5, 5.41) is 15.6. The molecule has 3 aromatic heterocycles. The molecule has 0 spiro atoms. The van der Waals surface area contributed by atoms with E-state index in [1.54, 1.807) is 59.6 Å². The van der Waals surface area contributed by atoms with Crippen LogP contribution >= 0.6 is 11.6 Å². The number of primary amides is 1. The van der Waals surface area contributed by atoms with E-state index in [9.17, 15) is 14.4 Å². The second-order valence-electron chi connectivity index (χ2n) is 9.41. The lowest BCUT2D eigenvalue weighted by Gasteiger charge is -2.26. The highest BCUT2D eigenvalue weighted by atomic mass is 35.5. The predicted octanol–water partition coefficient (Wildman–Crippen LogP) is 2.00. The Morgan fingerprint density at radius 1 is 1.10 bits per heavy atom. The fraction of sp³-hybridized carbons (Fsp3) is 0.222. The van der Waals surface area contributed by atoms with E-state index in [1.165, 1.54) is 4.68 Å². The van der Waals surface area contributed by atoms with Gasteiger partial charge in [-0.25, -0.2) is 4.98 Å². The second kappa shape index (κ2) is 9.81. The van der Waals surface area contributed by atoms with Crippen molar-refractivity contribution in [1.82, 2.24) is 29.9 Å². The van der Waals surface area contributed by atoms with Crippen LogP contribution < -0.4 is 11.1 Å². The first kappa shape index (κ1) is 24.5. The maximum absolute atomic E-state index is 13.5. The molecule has 194 valence electrons. The number of nitrogens with one attached hydrogen (secondary N) is 1. The van der Waals surface area contributed by atoms with Gasteiger partial charge in [0, 0.05) is 23.2 Å². The number of carbonyl (C=O) groups is 3. The molecule has 6 rings (SSSR count). The van der Waals surface area contributed by atoms with Gasteiger partial charge in [-0.2, -0.15) is 10.2 Å². The maximum Gasteiger partial charge on any atom is 0.269 e. The number of benzene rings is 1. The van der Waals surface area contributed by atoms with E-state index in [2.05, 4.69) is 37.4 Å². The molecular formula is C27H21ClN8O3. The van der Waals surface area contributed by atoms with Crippen molar-refractivity contribution < 1.29 is 14.4 Å². The van der Waals surface area contributed by atoms with Gasteiger partial charge < -0.3 is 16.0 Å². The van der Waals surface area contributed by atoms with E-state index in [0.717, 1.165) is 6.42 Å². The Labute approximate surface area is 227 Å². The lowest BCUT2D eigenvalue weighted by Crippen LogP contribution is -2.46. The highest BCUT2D eigenvalue weighted by Gasteiger charge is 2.56. The van der Waals surface area contributed by atoms with Gasteiger partial charge in [0.2, 0.25) is 11.8 Å². The van der Waals surface area contributed by atoms with Crippen molar-refractivity contribution in [3.05, 3.63) is 76.8 Å². The number of fused-ring (bicyclic) bond motifs is 2. The number of piperidine rings is 1. The Balaban J connectivity index is 1.25. The Morgan fingerprint density at radius 3 is 2.74 bits per heavy atom. The van der Waals surface area contributed by atoms with E-state index in [4.69, 9.17) is 17.3 Å². The summed E-state index contributed by atoms with van der Waals surface area (Å²) in [6.45, 7) is -0.156. The number of amides is 3. The van der Waals surface area contributed by atoms with Crippen molar-refractivity contribution in [3.8, 4) is 11.8 Å². The lowest BCUT2D eigenvalue weighted by molar-refractivity contribution is -0.138. The Bertz CT molecular complexity index is 1690. The summed E-state index contributed by atoms with van der Waals surface area (Å²) in [6.07, 6.45) is 2.98. The SMILES string of the molecule is NC(=O)c1nn(CC(=O)N2C(C(=O)Nc3cccc(Cl)n3)CC3CC32)c2ccc(C#Cc3cccnn3)cc12. The van der Waals surface area contributed by atoms with Gasteiger partial charge in [0.1, 0.15) is 29.3 Å². The minimum absolute atomic E-state index is 0.000899. The van der Waals surface area contributed by atoms with Crippen molar-refractivity contribution in [2.45, 2.75) is 31.5 Å². The molecule has 12 heteroatoms. The molecule has 4 aromatic rings. The Hall–Kier alpha value is -4.82. The largest absolute Gasteiger partial charge is 0.364 e. The van der Waals surface area contributed by atoms with Gasteiger partial charge in [-0.15, -0.1) is 5.10 Å². The summed E-state index contributed by atoms with van der Waals surface area (Å²) in [6, 6.07) is 13.0. The van der Waals surface area contributed by atoms with Crippen LogP contribution in [-0.4, -0.2) is 59.7 Å². The highest BCUT2D eigenvalue weighted by Crippen LogP contribution is 2.48. The third kappa shape index (κ3) is 4.89. The van der Waals surface area contributed by atoms with Gasteiger partial charge in [0.25, 0.3) is 5.91 Å². The molecule has 1 aliphatic carbocycles. The summed E-state index contributed by atoms with van der Waals surface area (Å²) in [4.78, 5) is 44.5. The van der Waals surface area contributed by atoms with E-state index >= 15 is 0 Å². The average Bonchev–Trinajstić information content (AvgIpc) is 3.43. The number of pyridine rings is 1. The average molecular weight is 541 g/mol. The van der Waals surface area contributed by atoms with Gasteiger partial charge >= 0.3 is 0 Å². The molecule has 2 aliphatic rings.